The van der Waals surface area contributed by atoms with Crippen molar-refractivity contribution in [3.8, 4) is 17.3 Å². The summed E-state index contributed by atoms with van der Waals surface area (Å²) in [5.41, 5.74) is -2.71. The van der Waals surface area contributed by atoms with Gasteiger partial charge in [0.15, 0.2) is 0 Å². The molecular formula is C22H17F2N5OS. The van der Waals surface area contributed by atoms with Gasteiger partial charge >= 0.3 is 0 Å². The molecule has 31 heavy (non-hydrogen) atoms. The predicted octanol–water partition coefficient (Wildman–Crippen LogP) is 4.24. The Hall–Kier alpha value is -3.48. The minimum atomic E-state index is -2.02. The number of aliphatic hydroxyl groups is 1. The first kappa shape index (κ1) is 16.2. The first-order valence-electron chi connectivity index (χ1n) is 11.0. The zero-order valence-corrected chi connectivity index (χ0v) is 16.9. The fourth-order valence-corrected chi connectivity index (χ4v) is 4.10. The molecule has 4 rings (SSSR count). The van der Waals surface area contributed by atoms with Crippen molar-refractivity contribution in [3.63, 3.8) is 0 Å². The van der Waals surface area contributed by atoms with Crippen molar-refractivity contribution < 1.29 is 19.4 Å². The third-order valence-corrected chi connectivity index (χ3v) is 5.89. The summed E-state index contributed by atoms with van der Waals surface area (Å²) in [5.74, 6) is -2.49. The molecular weight excluding hydrogens is 420 g/mol. The van der Waals surface area contributed by atoms with Crippen LogP contribution in [0.2, 0.25) is 0 Å². The van der Waals surface area contributed by atoms with Crippen LogP contribution in [0.25, 0.3) is 11.3 Å². The Kier molecular flexibility index (Phi) is 4.37. The first-order chi connectivity index (χ1) is 16.6. The molecule has 0 fully saturated rings. The van der Waals surface area contributed by atoms with E-state index in [4.69, 9.17) is 10.7 Å². The van der Waals surface area contributed by atoms with Crippen molar-refractivity contribution in [1.82, 2.24) is 19.7 Å². The molecule has 0 saturated heterocycles. The Bertz CT molecular complexity index is 1430. The van der Waals surface area contributed by atoms with Gasteiger partial charge in [0.2, 0.25) is 0 Å². The van der Waals surface area contributed by atoms with Gasteiger partial charge in [0.25, 0.3) is 0 Å². The lowest BCUT2D eigenvalue weighted by molar-refractivity contribution is -0.0114. The fraction of sp³-hybridized carbons (Fsp3) is 0.182. The second kappa shape index (κ2) is 8.34. The molecule has 0 bridgehead atoms. The van der Waals surface area contributed by atoms with Crippen LogP contribution in [-0.2, 0) is 12.1 Å². The van der Waals surface area contributed by atoms with Gasteiger partial charge in [-0.1, -0.05) is 19.0 Å². The molecule has 0 aliphatic rings. The standard InChI is InChI=1S/C22H17F2N5OS/c1-14(21-28-20(10-31-21)16-4-2-15(9-25)3-5-16)22(30,11-29-13-26-12-27-29)18-8-17(23)6-7-19(18)24/h2-8,10,12-14,30H,11H2,1H3/t14-,22?/m0/s1/i2D,3D,4D,5D. The molecule has 1 N–H and O–H groups in total. The zero-order valence-electron chi connectivity index (χ0n) is 20.1. The van der Waals surface area contributed by atoms with Gasteiger partial charge in [0, 0.05) is 22.4 Å². The third-order valence-electron chi connectivity index (χ3n) is 4.87. The highest BCUT2D eigenvalue weighted by molar-refractivity contribution is 7.10. The maximum Gasteiger partial charge on any atom is 0.137 e. The van der Waals surface area contributed by atoms with Crippen LogP contribution in [0.1, 0.15) is 34.5 Å². The van der Waals surface area contributed by atoms with E-state index in [1.807, 2.05) is 0 Å². The Morgan fingerprint density at radius 3 is 2.77 bits per heavy atom. The van der Waals surface area contributed by atoms with Gasteiger partial charge in [-0.25, -0.2) is 23.4 Å². The van der Waals surface area contributed by atoms with Crippen LogP contribution in [0.4, 0.5) is 8.78 Å². The van der Waals surface area contributed by atoms with E-state index in [-0.39, 0.29) is 33.9 Å². The van der Waals surface area contributed by atoms with E-state index in [9.17, 15) is 13.9 Å². The molecule has 9 heteroatoms. The molecule has 4 aromatic rings. The predicted molar refractivity (Wildman–Crippen MR) is 111 cm³/mol. The van der Waals surface area contributed by atoms with Crippen molar-refractivity contribution >= 4 is 11.3 Å². The molecule has 2 heterocycles. The maximum atomic E-state index is 14.8. The average molecular weight is 441 g/mol. The molecule has 0 aliphatic heterocycles. The van der Waals surface area contributed by atoms with Crippen molar-refractivity contribution in [2.45, 2.75) is 25.0 Å². The zero-order chi connectivity index (χ0) is 25.5. The van der Waals surface area contributed by atoms with Crippen LogP contribution in [0.15, 0.2) is 60.4 Å². The Morgan fingerprint density at radius 2 is 2.10 bits per heavy atom. The molecule has 2 aromatic heterocycles. The fourth-order valence-electron chi connectivity index (χ4n) is 3.15. The average Bonchev–Trinajstić information content (AvgIpc) is 3.52. The second-order valence-electron chi connectivity index (χ2n) is 6.80. The van der Waals surface area contributed by atoms with E-state index < -0.39 is 47.3 Å². The summed E-state index contributed by atoms with van der Waals surface area (Å²) in [7, 11) is 0. The molecule has 156 valence electrons. The number of hydrogen-bond donors (Lipinski definition) is 1. The van der Waals surface area contributed by atoms with E-state index in [0.717, 1.165) is 29.5 Å². The smallest absolute Gasteiger partial charge is 0.137 e. The van der Waals surface area contributed by atoms with Gasteiger partial charge in [0.05, 0.1) is 34.4 Å². The highest BCUT2D eigenvalue weighted by Gasteiger charge is 2.41. The lowest BCUT2D eigenvalue weighted by Crippen LogP contribution is -2.38. The number of aromatic nitrogens is 4. The highest BCUT2D eigenvalue weighted by Crippen LogP contribution is 2.41. The Balaban J connectivity index is 1.83. The highest BCUT2D eigenvalue weighted by atomic mass is 32.1. The van der Waals surface area contributed by atoms with Crippen molar-refractivity contribution in [2.75, 3.05) is 0 Å². The minimum absolute atomic E-state index is 0.0983. The van der Waals surface area contributed by atoms with Crippen LogP contribution in [0.5, 0.6) is 0 Å². The molecule has 0 radical (unpaired) electrons. The summed E-state index contributed by atoms with van der Waals surface area (Å²) in [6.45, 7) is 1.29. The summed E-state index contributed by atoms with van der Waals surface area (Å²) < 4.78 is 62.6. The lowest BCUT2D eigenvalue weighted by Gasteiger charge is -2.33. The Labute approximate surface area is 186 Å². The number of thiazole rings is 1. The third kappa shape index (κ3) is 4.08. The molecule has 1 unspecified atom stereocenters. The minimum Gasteiger partial charge on any atom is -0.382 e. The van der Waals surface area contributed by atoms with Gasteiger partial charge in [-0.05, 0) is 30.3 Å². The van der Waals surface area contributed by atoms with E-state index in [0.29, 0.717) is 0 Å². The Morgan fingerprint density at radius 1 is 1.32 bits per heavy atom. The maximum absolute atomic E-state index is 14.8. The van der Waals surface area contributed by atoms with Crippen molar-refractivity contribution in [2.24, 2.45) is 0 Å². The quantitative estimate of drug-likeness (QED) is 0.484. The molecule has 6 nitrogen and oxygen atoms in total. The first-order valence-corrected chi connectivity index (χ1v) is 9.93. The van der Waals surface area contributed by atoms with Crippen LogP contribution < -0.4 is 0 Å². The van der Waals surface area contributed by atoms with Crippen LogP contribution in [-0.4, -0.2) is 24.9 Å². The molecule has 0 aliphatic carbocycles. The van der Waals surface area contributed by atoms with Crippen LogP contribution >= 0.6 is 11.3 Å². The van der Waals surface area contributed by atoms with Gasteiger partial charge in [-0.3, -0.25) is 0 Å². The molecule has 0 saturated carbocycles. The SMILES string of the molecule is [2H]c1c([2H])c(-c2csc([C@H](C)C(O)(Cn3cncn3)c3cc(F)ccc3F)n2)c([2H])c([2H])c1C#N. The molecule has 0 spiro atoms. The van der Waals surface area contributed by atoms with Gasteiger partial charge < -0.3 is 5.11 Å². The van der Waals surface area contributed by atoms with Gasteiger partial charge in [0.1, 0.15) is 29.9 Å². The lowest BCUT2D eigenvalue weighted by atomic mass is 9.82. The van der Waals surface area contributed by atoms with E-state index in [2.05, 4.69) is 15.1 Å². The van der Waals surface area contributed by atoms with E-state index in [1.165, 1.54) is 22.7 Å². The second-order valence-corrected chi connectivity index (χ2v) is 7.69. The van der Waals surface area contributed by atoms with E-state index in [1.54, 1.807) is 13.0 Å². The largest absolute Gasteiger partial charge is 0.382 e. The topological polar surface area (TPSA) is 87.6 Å². The van der Waals surface area contributed by atoms with Crippen LogP contribution in [0.3, 0.4) is 0 Å². The van der Waals surface area contributed by atoms with Crippen molar-refractivity contribution in [3.05, 3.63) is 88.2 Å². The number of halogens is 2. The number of benzene rings is 2. The number of nitrogens with zero attached hydrogens (tertiary/aromatic N) is 5. The number of hydrogen-bond acceptors (Lipinski definition) is 6. The van der Waals surface area contributed by atoms with Crippen molar-refractivity contribution in [1.29, 1.82) is 5.26 Å². The summed E-state index contributed by atoms with van der Waals surface area (Å²) in [5, 5.41) is 26.6. The van der Waals surface area contributed by atoms with Gasteiger partial charge in [-0.2, -0.15) is 10.4 Å². The number of rotatable bonds is 6. The summed E-state index contributed by atoms with van der Waals surface area (Å²) >= 11 is 1.05. The monoisotopic (exact) mass is 441 g/mol. The van der Waals surface area contributed by atoms with Gasteiger partial charge in [-0.15, -0.1) is 11.3 Å². The molecule has 0 amide bonds. The molecule has 2 aromatic carbocycles. The summed E-state index contributed by atoms with van der Waals surface area (Å²) in [4.78, 5) is 8.25. The van der Waals surface area contributed by atoms with Crippen LogP contribution in [0, 0.1) is 23.0 Å². The summed E-state index contributed by atoms with van der Waals surface area (Å²) in [6, 6.07) is 2.59. The summed E-state index contributed by atoms with van der Waals surface area (Å²) in [6.07, 6.45) is 2.56. The number of nitriles is 1. The van der Waals surface area contributed by atoms with E-state index >= 15 is 0 Å². The normalized spacial score (nSPS) is 15.8. The molecule has 2 atom stereocenters.